The van der Waals surface area contributed by atoms with Crippen LogP contribution in [0.25, 0.3) is 0 Å². The topological polar surface area (TPSA) is 61.4 Å². The van der Waals surface area contributed by atoms with Crippen LogP contribution < -0.4 is 10.6 Å². The highest BCUT2D eigenvalue weighted by Crippen LogP contribution is 2.38. The second-order valence-corrected chi connectivity index (χ2v) is 7.91. The summed E-state index contributed by atoms with van der Waals surface area (Å²) >= 11 is 12.6. The molecule has 2 N–H and O–H groups in total. The lowest BCUT2D eigenvalue weighted by molar-refractivity contribution is -0.156. The summed E-state index contributed by atoms with van der Waals surface area (Å²) in [5, 5.41) is 7.08. The first-order valence-electron chi connectivity index (χ1n) is 9.28. The second kappa shape index (κ2) is 10.9. The molecule has 168 valence electrons. The van der Waals surface area contributed by atoms with Crippen LogP contribution in [0.2, 0.25) is 10.0 Å². The maximum Gasteiger partial charge on any atom is 0.446 e. The molecule has 1 heterocycles. The number of nitrogens with zero attached hydrogens (tertiary/aromatic N) is 1. The van der Waals surface area contributed by atoms with Gasteiger partial charge in [0.05, 0.1) is 6.54 Å². The second-order valence-electron chi connectivity index (χ2n) is 7.06. The number of aldehydes is 1. The van der Waals surface area contributed by atoms with E-state index < -0.39 is 12.5 Å². The van der Waals surface area contributed by atoms with Gasteiger partial charge in [-0.05, 0) is 55.1 Å². The van der Waals surface area contributed by atoms with E-state index in [1.165, 1.54) is 11.1 Å². The monoisotopic (exact) mass is 475 g/mol. The van der Waals surface area contributed by atoms with Gasteiger partial charge in [0.2, 0.25) is 12.2 Å². The van der Waals surface area contributed by atoms with Gasteiger partial charge in [-0.1, -0.05) is 35.3 Å². The van der Waals surface area contributed by atoms with Crippen molar-refractivity contribution < 1.29 is 22.8 Å². The van der Waals surface area contributed by atoms with Gasteiger partial charge in [-0.3, -0.25) is 9.59 Å². The molecule has 0 aliphatic carbocycles. The predicted molar refractivity (Wildman–Crippen MR) is 116 cm³/mol. The lowest BCUT2D eigenvalue weighted by Gasteiger charge is -2.33. The summed E-state index contributed by atoms with van der Waals surface area (Å²) in [7, 11) is 3.84. The Morgan fingerprint density at radius 3 is 2.39 bits per heavy atom. The molecule has 2 aromatic rings. The van der Waals surface area contributed by atoms with Gasteiger partial charge in [-0.15, -0.1) is 0 Å². The molecule has 1 amide bonds. The van der Waals surface area contributed by atoms with Crippen molar-refractivity contribution in [2.75, 3.05) is 32.5 Å². The van der Waals surface area contributed by atoms with E-state index in [1.54, 1.807) is 13.1 Å². The molecule has 3 rings (SSSR count). The Labute approximate surface area is 188 Å². The number of amides is 1. The number of alkyl halides is 3. The third kappa shape index (κ3) is 7.50. The van der Waals surface area contributed by atoms with Gasteiger partial charge in [0, 0.05) is 34.7 Å². The molecule has 0 radical (unpaired) electrons. The molecular formula is C21H22Cl2F3N3O2. The minimum atomic E-state index is -4.64. The molecule has 1 aliphatic rings. The highest BCUT2D eigenvalue weighted by molar-refractivity contribution is 6.35. The Morgan fingerprint density at radius 1 is 1.23 bits per heavy atom. The Hall–Kier alpha value is -2.13. The highest BCUT2D eigenvalue weighted by Gasteiger charge is 2.27. The van der Waals surface area contributed by atoms with Crippen molar-refractivity contribution in [3.8, 4) is 0 Å². The minimum absolute atomic E-state index is 0.0587. The van der Waals surface area contributed by atoms with Crippen LogP contribution in [0, 0.1) is 0 Å². The third-order valence-corrected chi connectivity index (χ3v) is 5.12. The SMILES string of the molecule is CNCC(=O)Nc1ccc(C2CN(C)Cc3c(Cl)cc(Cl)cc32)cc1.O=CC(F)(F)F. The molecule has 1 aliphatic heterocycles. The number of halogens is 5. The fraction of sp³-hybridized carbons (Fsp3) is 0.333. The molecule has 0 saturated carbocycles. The Kier molecular flexibility index (Phi) is 8.88. The largest absolute Gasteiger partial charge is 0.446 e. The molecule has 1 unspecified atom stereocenters. The van der Waals surface area contributed by atoms with Gasteiger partial charge >= 0.3 is 6.18 Å². The lowest BCUT2D eigenvalue weighted by atomic mass is 9.84. The van der Waals surface area contributed by atoms with E-state index in [-0.39, 0.29) is 11.8 Å². The molecular weight excluding hydrogens is 454 g/mol. The fourth-order valence-corrected chi connectivity index (χ4v) is 3.86. The molecule has 1 atom stereocenters. The van der Waals surface area contributed by atoms with Crippen molar-refractivity contribution in [1.82, 2.24) is 10.2 Å². The zero-order valence-electron chi connectivity index (χ0n) is 16.9. The van der Waals surface area contributed by atoms with Crippen LogP contribution in [0.3, 0.4) is 0 Å². The summed E-state index contributed by atoms with van der Waals surface area (Å²) in [6.07, 6.45) is -5.70. The quantitative estimate of drug-likeness (QED) is 0.640. The highest BCUT2D eigenvalue weighted by atomic mass is 35.5. The van der Waals surface area contributed by atoms with E-state index in [2.05, 4.69) is 34.7 Å². The predicted octanol–water partition coefficient (Wildman–Crippen LogP) is 4.48. The lowest BCUT2D eigenvalue weighted by Crippen LogP contribution is -2.31. The number of hydrogen-bond donors (Lipinski definition) is 2. The number of carbonyl (C=O) groups excluding carboxylic acids is 2. The van der Waals surface area contributed by atoms with E-state index in [0.717, 1.165) is 29.4 Å². The summed E-state index contributed by atoms with van der Waals surface area (Å²) in [5.74, 6) is 0.142. The molecule has 0 spiro atoms. The van der Waals surface area contributed by atoms with Crippen LogP contribution in [0.15, 0.2) is 36.4 Å². The zero-order chi connectivity index (χ0) is 23.2. The summed E-state index contributed by atoms with van der Waals surface area (Å²) < 4.78 is 31.2. The number of fused-ring (bicyclic) bond motifs is 1. The first-order chi connectivity index (χ1) is 14.5. The van der Waals surface area contributed by atoms with Crippen LogP contribution in [0.5, 0.6) is 0 Å². The van der Waals surface area contributed by atoms with Crippen LogP contribution in [0.1, 0.15) is 22.6 Å². The summed E-state index contributed by atoms with van der Waals surface area (Å²) in [5.41, 5.74) is 4.29. The van der Waals surface area contributed by atoms with E-state index in [1.807, 2.05) is 18.2 Å². The normalized spacial score (nSPS) is 16.0. The van der Waals surface area contributed by atoms with E-state index in [0.29, 0.717) is 11.6 Å². The van der Waals surface area contributed by atoms with Crippen LogP contribution in [0.4, 0.5) is 18.9 Å². The zero-order valence-corrected chi connectivity index (χ0v) is 18.4. The molecule has 0 fully saturated rings. The van der Waals surface area contributed by atoms with E-state index in [9.17, 15) is 18.0 Å². The summed E-state index contributed by atoms with van der Waals surface area (Å²) in [6, 6.07) is 11.8. The van der Waals surface area contributed by atoms with E-state index in [4.69, 9.17) is 28.0 Å². The number of benzene rings is 2. The Balaban J connectivity index is 0.000000501. The summed E-state index contributed by atoms with van der Waals surface area (Å²) in [6.45, 7) is 2.01. The van der Waals surface area contributed by atoms with Gasteiger partial charge in [0.25, 0.3) is 0 Å². The maximum absolute atomic E-state index is 11.7. The van der Waals surface area contributed by atoms with Crippen molar-refractivity contribution in [3.05, 3.63) is 63.1 Å². The molecule has 10 heteroatoms. The maximum atomic E-state index is 11.7. The summed E-state index contributed by atoms with van der Waals surface area (Å²) in [4.78, 5) is 22.6. The number of hydrogen-bond acceptors (Lipinski definition) is 4. The standard InChI is InChI=1S/C19H21Cl2N3O.C2HF3O/c1-22-9-19(25)23-14-5-3-12(4-6-14)16-10-24(2)11-17-15(16)7-13(20)8-18(17)21;3-2(4,5)1-6/h3-8,16,22H,9-11H2,1-2H3,(H,23,25);1H. The number of likely N-dealkylation sites (N-methyl/N-ethyl adjacent to an activating group) is 2. The third-order valence-electron chi connectivity index (χ3n) is 4.56. The van der Waals surface area contributed by atoms with Crippen molar-refractivity contribution in [1.29, 1.82) is 0 Å². The van der Waals surface area contributed by atoms with E-state index >= 15 is 0 Å². The molecule has 0 saturated heterocycles. The first-order valence-corrected chi connectivity index (χ1v) is 10.0. The van der Waals surface area contributed by atoms with Gasteiger partial charge in [-0.2, -0.15) is 13.2 Å². The van der Waals surface area contributed by atoms with Crippen molar-refractivity contribution >= 4 is 41.1 Å². The molecule has 31 heavy (non-hydrogen) atoms. The average molecular weight is 476 g/mol. The molecule has 5 nitrogen and oxygen atoms in total. The van der Waals surface area contributed by atoms with Crippen LogP contribution in [-0.2, 0) is 16.1 Å². The van der Waals surface area contributed by atoms with Crippen molar-refractivity contribution in [3.63, 3.8) is 0 Å². The minimum Gasteiger partial charge on any atom is -0.325 e. The average Bonchev–Trinajstić information content (AvgIpc) is 2.69. The van der Waals surface area contributed by atoms with Crippen LogP contribution in [-0.4, -0.2) is 50.5 Å². The van der Waals surface area contributed by atoms with Gasteiger partial charge in [0.15, 0.2) is 0 Å². The van der Waals surface area contributed by atoms with Crippen LogP contribution >= 0.6 is 23.2 Å². The number of rotatable bonds is 4. The van der Waals surface area contributed by atoms with Gasteiger partial charge < -0.3 is 15.5 Å². The Morgan fingerprint density at radius 2 is 1.84 bits per heavy atom. The van der Waals surface area contributed by atoms with Gasteiger partial charge in [0.1, 0.15) is 0 Å². The molecule has 0 bridgehead atoms. The number of carbonyl (C=O) groups is 2. The number of anilines is 1. The Bertz CT molecular complexity index is 921. The fourth-order valence-electron chi connectivity index (χ4n) is 3.30. The van der Waals surface area contributed by atoms with Gasteiger partial charge in [-0.25, -0.2) is 0 Å². The van der Waals surface area contributed by atoms with Crippen molar-refractivity contribution in [2.45, 2.75) is 18.6 Å². The smallest absolute Gasteiger partial charge is 0.325 e. The number of nitrogens with one attached hydrogen (secondary N) is 2. The molecule has 2 aromatic carbocycles. The van der Waals surface area contributed by atoms with Crippen molar-refractivity contribution in [2.24, 2.45) is 0 Å². The first kappa shape index (κ1) is 25.1. The molecule has 0 aromatic heterocycles.